The Bertz CT molecular complexity index is 983. The van der Waals surface area contributed by atoms with Crippen LogP contribution in [0, 0.1) is 0 Å². The molecule has 0 saturated heterocycles. The molecule has 0 aliphatic heterocycles. The van der Waals surface area contributed by atoms with Crippen LogP contribution in [0.1, 0.15) is 12.5 Å². The first kappa shape index (κ1) is 23.9. The highest BCUT2D eigenvalue weighted by atomic mass is 79.9. The monoisotopic (exact) mass is 495 g/mol. The third-order valence-electron chi connectivity index (χ3n) is 4.70. The number of anilines is 1. The smallest absolute Gasteiger partial charge is 0.244 e. The Morgan fingerprint density at radius 2 is 1.67 bits per heavy atom. The van der Waals surface area contributed by atoms with Crippen molar-refractivity contribution in [2.75, 3.05) is 30.7 Å². The van der Waals surface area contributed by atoms with Crippen molar-refractivity contribution in [2.45, 2.75) is 19.4 Å². The second kappa shape index (κ2) is 10.6. The van der Waals surface area contributed by atoms with E-state index in [0.717, 1.165) is 16.1 Å². The summed E-state index contributed by atoms with van der Waals surface area (Å²) >= 11 is 3.35. The standard InChI is InChI=1S/C21H26BrN3O4S/c1-16(21(27)23-2)24(14-13-17-9-5-4-6-10-17)20(26)15-25(30(3,28)29)19-12-8-7-11-18(19)22/h4-12,16H,13-15H2,1-3H3,(H,23,27)/t16-/m0/s1. The lowest BCUT2D eigenvalue weighted by Gasteiger charge is -2.31. The number of sulfonamides is 1. The Hall–Kier alpha value is -2.39. The number of hydrogen-bond acceptors (Lipinski definition) is 4. The van der Waals surface area contributed by atoms with E-state index >= 15 is 0 Å². The molecule has 2 aromatic carbocycles. The maximum Gasteiger partial charge on any atom is 0.244 e. The molecule has 30 heavy (non-hydrogen) atoms. The number of hydrogen-bond donors (Lipinski definition) is 1. The fourth-order valence-corrected chi connectivity index (χ4v) is 4.51. The number of para-hydroxylation sites is 1. The van der Waals surface area contributed by atoms with Crippen LogP contribution < -0.4 is 9.62 Å². The normalized spacial score (nSPS) is 12.1. The number of nitrogens with one attached hydrogen (secondary N) is 1. The van der Waals surface area contributed by atoms with Gasteiger partial charge in [-0.1, -0.05) is 42.5 Å². The maximum atomic E-state index is 13.2. The van der Waals surface area contributed by atoms with E-state index in [2.05, 4.69) is 21.2 Å². The highest BCUT2D eigenvalue weighted by molar-refractivity contribution is 9.10. The van der Waals surface area contributed by atoms with Gasteiger partial charge < -0.3 is 10.2 Å². The van der Waals surface area contributed by atoms with Crippen molar-refractivity contribution in [3.63, 3.8) is 0 Å². The minimum Gasteiger partial charge on any atom is -0.357 e. The van der Waals surface area contributed by atoms with Gasteiger partial charge in [0.15, 0.2) is 0 Å². The molecule has 0 radical (unpaired) electrons. The largest absolute Gasteiger partial charge is 0.357 e. The number of amides is 2. The van der Waals surface area contributed by atoms with Crippen LogP contribution in [-0.4, -0.2) is 57.6 Å². The molecule has 0 bridgehead atoms. The van der Waals surface area contributed by atoms with Crippen LogP contribution in [0.4, 0.5) is 5.69 Å². The molecule has 162 valence electrons. The first-order valence-electron chi connectivity index (χ1n) is 9.42. The first-order valence-corrected chi connectivity index (χ1v) is 12.1. The predicted octanol–water partition coefficient (Wildman–Crippen LogP) is 2.42. The summed E-state index contributed by atoms with van der Waals surface area (Å²) in [5, 5.41) is 2.55. The van der Waals surface area contributed by atoms with Gasteiger partial charge in [0.25, 0.3) is 0 Å². The number of rotatable bonds is 9. The van der Waals surface area contributed by atoms with Crippen molar-refractivity contribution in [1.29, 1.82) is 0 Å². The molecule has 0 unspecified atom stereocenters. The third-order valence-corrected chi connectivity index (χ3v) is 6.50. The molecule has 0 saturated carbocycles. The van der Waals surface area contributed by atoms with E-state index in [1.54, 1.807) is 31.2 Å². The van der Waals surface area contributed by atoms with Crippen molar-refractivity contribution in [3.8, 4) is 0 Å². The Kier molecular flexibility index (Phi) is 8.43. The lowest BCUT2D eigenvalue weighted by atomic mass is 10.1. The quantitative estimate of drug-likeness (QED) is 0.578. The molecule has 2 amide bonds. The minimum atomic E-state index is -3.73. The van der Waals surface area contributed by atoms with Crippen LogP contribution in [0.3, 0.4) is 0 Å². The number of benzene rings is 2. The zero-order valence-electron chi connectivity index (χ0n) is 17.2. The van der Waals surface area contributed by atoms with Gasteiger partial charge in [0, 0.05) is 18.1 Å². The summed E-state index contributed by atoms with van der Waals surface area (Å²) in [4.78, 5) is 26.8. The zero-order chi connectivity index (χ0) is 22.3. The van der Waals surface area contributed by atoms with E-state index in [1.165, 1.54) is 11.9 Å². The van der Waals surface area contributed by atoms with E-state index in [-0.39, 0.29) is 12.5 Å². The molecule has 0 aliphatic carbocycles. The van der Waals surface area contributed by atoms with Crippen molar-refractivity contribution < 1.29 is 18.0 Å². The van der Waals surface area contributed by atoms with Gasteiger partial charge >= 0.3 is 0 Å². The molecular weight excluding hydrogens is 470 g/mol. The lowest BCUT2D eigenvalue weighted by molar-refractivity contribution is -0.138. The van der Waals surface area contributed by atoms with Crippen molar-refractivity contribution in [2.24, 2.45) is 0 Å². The highest BCUT2D eigenvalue weighted by Crippen LogP contribution is 2.27. The Morgan fingerprint density at radius 3 is 2.23 bits per heavy atom. The van der Waals surface area contributed by atoms with Crippen LogP contribution in [0.15, 0.2) is 59.1 Å². The summed E-state index contributed by atoms with van der Waals surface area (Å²) < 4.78 is 26.5. The second-order valence-corrected chi connectivity index (χ2v) is 9.60. The predicted molar refractivity (Wildman–Crippen MR) is 122 cm³/mol. The maximum absolute atomic E-state index is 13.2. The summed E-state index contributed by atoms with van der Waals surface area (Å²) in [5.74, 6) is -0.772. The average molecular weight is 496 g/mol. The molecule has 0 heterocycles. The van der Waals surface area contributed by atoms with Crippen LogP contribution in [-0.2, 0) is 26.0 Å². The van der Waals surface area contributed by atoms with Crippen LogP contribution >= 0.6 is 15.9 Å². The molecule has 0 spiro atoms. The van der Waals surface area contributed by atoms with E-state index in [1.807, 2.05) is 30.3 Å². The Balaban J connectivity index is 2.30. The summed E-state index contributed by atoms with van der Waals surface area (Å²) in [6.07, 6.45) is 1.60. The van der Waals surface area contributed by atoms with Gasteiger partial charge in [0.1, 0.15) is 12.6 Å². The lowest BCUT2D eigenvalue weighted by Crippen LogP contribution is -2.51. The molecule has 9 heteroatoms. The number of carbonyl (C=O) groups excluding carboxylic acids is 2. The summed E-state index contributed by atoms with van der Waals surface area (Å²) in [6, 6.07) is 15.6. The summed E-state index contributed by atoms with van der Waals surface area (Å²) in [6.45, 7) is 1.51. The Morgan fingerprint density at radius 1 is 1.07 bits per heavy atom. The SMILES string of the molecule is CNC(=O)[C@H](C)N(CCc1ccccc1)C(=O)CN(c1ccccc1Br)S(C)(=O)=O. The number of carbonyl (C=O) groups is 2. The highest BCUT2D eigenvalue weighted by Gasteiger charge is 2.29. The molecule has 0 aromatic heterocycles. The first-order chi connectivity index (χ1) is 14.1. The number of nitrogens with zero attached hydrogens (tertiary/aromatic N) is 2. The van der Waals surface area contributed by atoms with Gasteiger partial charge in [-0.3, -0.25) is 13.9 Å². The number of halogens is 1. The minimum absolute atomic E-state index is 0.283. The van der Waals surface area contributed by atoms with Gasteiger partial charge in [-0.2, -0.15) is 0 Å². The molecule has 2 aromatic rings. The molecule has 1 atom stereocenters. The van der Waals surface area contributed by atoms with Crippen LogP contribution in [0.25, 0.3) is 0 Å². The second-order valence-electron chi connectivity index (χ2n) is 6.83. The fraction of sp³-hybridized carbons (Fsp3) is 0.333. The molecule has 7 nitrogen and oxygen atoms in total. The van der Waals surface area contributed by atoms with Crippen molar-refractivity contribution in [1.82, 2.24) is 10.2 Å². The average Bonchev–Trinajstić information content (AvgIpc) is 2.72. The van der Waals surface area contributed by atoms with Gasteiger partial charge in [-0.25, -0.2) is 8.42 Å². The summed E-state index contributed by atoms with van der Waals surface area (Å²) in [7, 11) is -2.23. The van der Waals surface area contributed by atoms with E-state index in [4.69, 9.17) is 0 Å². The molecular formula is C21H26BrN3O4S. The van der Waals surface area contributed by atoms with E-state index in [9.17, 15) is 18.0 Å². The fourth-order valence-electron chi connectivity index (χ4n) is 3.03. The van der Waals surface area contributed by atoms with Gasteiger partial charge in [-0.05, 0) is 47.0 Å². The van der Waals surface area contributed by atoms with E-state index in [0.29, 0.717) is 16.6 Å². The third kappa shape index (κ3) is 6.30. The molecule has 0 fully saturated rings. The number of likely N-dealkylation sites (N-methyl/N-ethyl adjacent to an activating group) is 1. The van der Waals surface area contributed by atoms with Gasteiger partial charge in [0.05, 0.1) is 11.9 Å². The Labute approximate surface area is 186 Å². The summed E-state index contributed by atoms with van der Waals surface area (Å²) in [5.41, 5.74) is 1.38. The van der Waals surface area contributed by atoms with Crippen molar-refractivity contribution >= 4 is 43.5 Å². The van der Waals surface area contributed by atoms with E-state index < -0.39 is 28.5 Å². The van der Waals surface area contributed by atoms with Gasteiger partial charge in [-0.15, -0.1) is 0 Å². The molecule has 2 rings (SSSR count). The molecule has 1 N–H and O–H groups in total. The van der Waals surface area contributed by atoms with Gasteiger partial charge in [0.2, 0.25) is 21.8 Å². The van der Waals surface area contributed by atoms with Crippen LogP contribution in [0.2, 0.25) is 0 Å². The molecule has 0 aliphatic rings. The van der Waals surface area contributed by atoms with Crippen LogP contribution in [0.5, 0.6) is 0 Å². The topological polar surface area (TPSA) is 86.8 Å². The zero-order valence-corrected chi connectivity index (χ0v) is 19.6. The van der Waals surface area contributed by atoms with Crippen molar-refractivity contribution in [3.05, 3.63) is 64.6 Å².